The van der Waals surface area contributed by atoms with Crippen LogP contribution in [-0.4, -0.2) is 32.3 Å². The molecular formula is C15H21N3OS. The molecule has 0 radical (unpaired) electrons. The monoisotopic (exact) mass is 291 g/mol. The number of methoxy groups -OCH3 is 1. The van der Waals surface area contributed by atoms with Crippen molar-refractivity contribution in [2.45, 2.75) is 13.1 Å². The Bertz CT molecular complexity index is 484. The molecule has 4 nitrogen and oxygen atoms in total. The topological polar surface area (TPSA) is 37.4 Å². The van der Waals surface area contributed by atoms with Crippen LogP contribution in [0, 0.1) is 0 Å². The first kappa shape index (κ1) is 15.0. The van der Waals surface area contributed by atoms with E-state index in [1.54, 1.807) is 18.4 Å². The Kier molecular flexibility index (Phi) is 5.98. The van der Waals surface area contributed by atoms with Gasteiger partial charge in [-0.1, -0.05) is 6.07 Å². The number of hydrogen-bond donors (Lipinski definition) is 1. The Hall–Kier alpha value is -1.43. The smallest absolute Gasteiger partial charge is 0.128 e. The van der Waals surface area contributed by atoms with Gasteiger partial charge in [-0.25, -0.2) is 4.98 Å². The lowest BCUT2D eigenvalue weighted by atomic mass is 10.2. The van der Waals surface area contributed by atoms with Gasteiger partial charge in [0.2, 0.25) is 0 Å². The molecule has 2 rings (SSSR count). The molecule has 0 bridgehead atoms. The first-order valence-electron chi connectivity index (χ1n) is 6.66. The Morgan fingerprint density at radius 2 is 2.20 bits per heavy atom. The summed E-state index contributed by atoms with van der Waals surface area (Å²) >= 11 is 1.73. The van der Waals surface area contributed by atoms with E-state index in [0.717, 1.165) is 32.1 Å². The second-order valence-electron chi connectivity index (χ2n) is 4.68. The summed E-state index contributed by atoms with van der Waals surface area (Å²) in [5, 5.41) is 7.58. The van der Waals surface area contributed by atoms with Crippen LogP contribution in [0.2, 0.25) is 0 Å². The van der Waals surface area contributed by atoms with Crippen molar-refractivity contribution >= 4 is 17.2 Å². The molecule has 0 atom stereocenters. The number of rotatable bonds is 8. The summed E-state index contributed by atoms with van der Waals surface area (Å²) in [7, 11) is 3.78. The van der Waals surface area contributed by atoms with Crippen molar-refractivity contribution in [1.29, 1.82) is 0 Å². The molecule has 2 aromatic heterocycles. The van der Waals surface area contributed by atoms with Crippen molar-refractivity contribution in [3.05, 3.63) is 46.3 Å². The molecule has 20 heavy (non-hydrogen) atoms. The lowest BCUT2D eigenvalue weighted by Crippen LogP contribution is -2.19. The summed E-state index contributed by atoms with van der Waals surface area (Å²) in [6.07, 6.45) is 1.93. The van der Waals surface area contributed by atoms with Crippen LogP contribution < -0.4 is 10.2 Å². The van der Waals surface area contributed by atoms with Crippen LogP contribution in [0.4, 0.5) is 5.82 Å². The third-order valence-corrected chi connectivity index (χ3v) is 3.74. The summed E-state index contributed by atoms with van der Waals surface area (Å²) in [5.74, 6) is 0.997. The van der Waals surface area contributed by atoms with E-state index in [9.17, 15) is 0 Å². The summed E-state index contributed by atoms with van der Waals surface area (Å²) in [6.45, 7) is 3.30. The van der Waals surface area contributed by atoms with Crippen molar-refractivity contribution in [2.75, 3.05) is 32.2 Å². The van der Waals surface area contributed by atoms with Gasteiger partial charge in [0.1, 0.15) is 5.82 Å². The molecule has 5 heteroatoms. The number of thiophene rings is 1. The van der Waals surface area contributed by atoms with Crippen LogP contribution in [0.25, 0.3) is 0 Å². The van der Waals surface area contributed by atoms with Crippen LogP contribution in [0.3, 0.4) is 0 Å². The van der Waals surface area contributed by atoms with E-state index in [-0.39, 0.29) is 0 Å². The molecule has 0 fully saturated rings. The minimum Gasteiger partial charge on any atom is -0.383 e. The van der Waals surface area contributed by atoms with Gasteiger partial charge < -0.3 is 15.0 Å². The highest BCUT2D eigenvalue weighted by Gasteiger charge is 2.04. The first-order chi connectivity index (χ1) is 9.79. The molecule has 2 aromatic rings. The molecule has 0 saturated heterocycles. The lowest BCUT2D eigenvalue weighted by Gasteiger charge is -2.17. The minimum atomic E-state index is 0.731. The van der Waals surface area contributed by atoms with Gasteiger partial charge >= 0.3 is 0 Å². The zero-order chi connectivity index (χ0) is 14.2. The number of hydrogen-bond acceptors (Lipinski definition) is 5. The maximum atomic E-state index is 5.00. The van der Waals surface area contributed by atoms with E-state index >= 15 is 0 Å². The second kappa shape index (κ2) is 7.99. The van der Waals surface area contributed by atoms with Gasteiger partial charge in [-0.2, -0.15) is 11.3 Å². The molecule has 0 amide bonds. The molecule has 108 valence electrons. The Balaban J connectivity index is 1.84. The van der Waals surface area contributed by atoms with Gasteiger partial charge in [0.15, 0.2) is 0 Å². The second-order valence-corrected chi connectivity index (χ2v) is 5.46. The third-order valence-electron chi connectivity index (χ3n) is 3.01. The van der Waals surface area contributed by atoms with Crippen molar-refractivity contribution in [1.82, 2.24) is 10.3 Å². The van der Waals surface area contributed by atoms with Gasteiger partial charge in [-0.3, -0.25) is 0 Å². The van der Waals surface area contributed by atoms with Crippen molar-refractivity contribution < 1.29 is 4.74 Å². The summed E-state index contributed by atoms with van der Waals surface area (Å²) in [4.78, 5) is 6.67. The van der Waals surface area contributed by atoms with E-state index in [1.165, 1.54) is 11.1 Å². The fourth-order valence-corrected chi connectivity index (χ4v) is 2.55. The largest absolute Gasteiger partial charge is 0.383 e. The van der Waals surface area contributed by atoms with E-state index < -0.39 is 0 Å². The average molecular weight is 291 g/mol. The molecule has 0 spiro atoms. The van der Waals surface area contributed by atoms with Crippen LogP contribution in [0.15, 0.2) is 35.2 Å². The molecule has 0 saturated carbocycles. The van der Waals surface area contributed by atoms with E-state index in [2.05, 4.69) is 51.2 Å². The van der Waals surface area contributed by atoms with E-state index in [1.807, 2.05) is 6.20 Å². The zero-order valence-corrected chi connectivity index (χ0v) is 12.8. The first-order valence-corrected chi connectivity index (χ1v) is 7.60. The van der Waals surface area contributed by atoms with Gasteiger partial charge in [-0.05, 0) is 34.0 Å². The number of pyridine rings is 1. The quantitative estimate of drug-likeness (QED) is 0.758. The molecule has 0 aliphatic carbocycles. The van der Waals surface area contributed by atoms with Gasteiger partial charge in [-0.15, -0.1) is 0 Å². The number of ether oxygens (including phenoxy) is 1. The highest BCUT2D eigenvalue weighted by atomic mass is 32.1. The summed E-state index contributed by atoms with van der Waals surface area (Å²) in [5.41, 5.74) is 2.51. The molecule has 2 heterocycles. The van der Waals surface area contributed by atoms with E-state index in [4.69, 9.17) is 4.74 Å². The molecule has 0 aromatic carbocycles. The molecule has 0 aliphatic rings. The highest BCUT2D eigenvalue weighted by molar-refractivity contribution is 7.07. The number of nitrogens with one attached hydrogen (secondary N) is 1. The van der Waals surface area contributed by atoms with Gasteiger partial charge in [0.05, 0.1) is 6.61 Å². The molecular weight excluding hydrogens is 270 g/mol. The Morgan fingerprint density at radius 1 is 1.30 bits per heavy atom. The Morgan fingerprint density at radius 3 is 2.85 bits per heavy atom. The van der Waals surface area contributed by atoms with Crippen LogP contribution in [0.5, 0.6) is 0 Å². The lowest BCUT2D eigenvalue weighted by molar-refractivity contribution is 0.199. The fourth-order valence-electron chi connectivity index (χ4n) is 1.89. The minimum absolute atomic E-state index is 0.731. The molecule has 0 aliphatic heterocycles. The summed E-state index contributed by atoms with van der Waals surface area (Å²) < 4.78 is 5.00. The normalized spacial score (nSPS) is 10.7. The Labute approximate surface area is 124 Å². The maximum Gasteiger partial charge on any atom is 0.128 e. The van der Waals surface area contributed by atoms with E-state index in [0.29, 0.717) is 0 Å². The molecule has 1 N–H and O–H groups in total. The van der Waals surface area contributed by atoms with Crippen LogP contribution in [0.1, 0.15) is 11.1 Å². The zero-order valence-electron chi connectivity index (χ0n) is 12.0. The molecule has 0 unspecified atom stereocenters. The predicted octanol–water partition coefficient (Wildman–Crippen LogP) is 2.52. The standard InChI is InChI=1S/C15H21N3OS/c1-18(11-14-5-8-20-12-14)15-4-3-13(10-17-15)9-16-6-7-19-2/h3-5,8,10,12,16H,6-7,9,11H2,1-2H3. The van der Waals surface area contributed by atoms with Crippen LogP contribution >= 0.6 is 11.3 Å². The van der Waals surface area contributed by atoms with Gasteiger partial charge in [0.25, 0.3) is 0 Å². The fraction of sp³-hybridized carbons (Fsp3) is 0.400. The van der Waals surface area contributed by atoms with Crippen LogP contribution in [-0.2, 0) is 17.8 Å². The van der Waals surface area contributed by atoms with Crippen molar-refractivity contribution in [3.8, 4) is 0 Å². The predicted molar refractivity (Wildman–Crippen MR) is 84.2 cm³/mol. The third kappa shape index (κ3) is 4.59. The number of nitrogens with zero attached hydrogens (tertiary/aromatic N) is 2. The average Bonchev–Trinajstić information content (AvgIpc) is 2.97. The highest BCUT2D eigenvalue weighted by Crippen LogP contribution is 2.14. The maximum absolute atomic E-state index is 5.00. The summed E-state index contributed by atoms with van der Waals surface area (Å²) in [6, 6.07) is 6.33. The number of anilines is 1. The number of aromatic nitrogens is 1. The van der Waals surface area contributed by atoms with Crippen molar-refractivity contribution in [2.24, 2.45) is 0 Å². The van der Waals surface area contributed by atoms with Crippen molar-refractivity contribution in [3.63, 3.8) is 0 Å². The van der Waals surface area contributed by atoms with Gasteiger partial charge in [0, 0.05) is 40.0 Å². The SMILES string of the molecule is COCCNCc1ccc(N(C)Cc2ccsc2)nc1.